The number of hydrogen-bond donors (Lipinski definition) is 0. The van der Waals surface area contributed by atoms with E-state index in [2.05, 4.69) is 27.0 Å². The van der Waals surface area contributed by atoms with Crippen LogP contribution in [-0.4, -0.2) is 25.0 Å². The molecule has 0 spiro atoms. The van der Waals surface area contributed by atoms with Gasteiger partial charge in [-0.1, -0.05) is 6.08 Å². The minimum atomic E-state index is 0.271. The van der Waals surface area contributed by atoms with Gasteiger partial charge in [0.2, 0.25) is 5.82 Å². The van der Waals surface area contributed by atoms with Crippen molar-refractivity contribution in [3.05, 3.63) is 48.9 Å². The second kappa shape index (κ2) is 6.24. The van der Waals surface area contributed by atoms with Gasteiger partial charge in [0.1, 0.15) is 11.1 Å². The molecule has 0 saturated carbocycles. The van der Waals surface area contributed by atoms with Gasteiger partial charge in [-0.3, -0.25) is 4.57 Å². The highest BCUT2D eigenvalue weighted by Crippen LogP contribution is 2.28. The van der Waals surface area contributed by atoms with Crippen LogP contribution < -0.4 is 0 Å². The maximum Gasteiger partial charge on any atom is 0.200 e. The summed E-state index contributed by atoms with van der Waals surface area (Å²) >= 11 is 1.31. The van der Waals surface area contributed by atoms with Gasteiger partial charge in [0.25, 0.3) is 0 Å². The predicted molar refractivity (Wildman–Crippen MR) is 78.8 cm³/mol. The van der Waals surface area contributed by atoms with Gasteiger partial charge in [-0.2, -0.15) is 5.26 Å². The second-order valence-corrected chi connectivity index (χ2v) is 5.14. The van der Waals surface area contributed by atoms with Gasteiger partial charge in [0.15, 0.2) is 16.6 Å². The number of allylic oxidation sites excluding steroid dienone is 1. The lowest BCUT2D eigenvalue weighted by atomic mass is 10.4. The molecule has 0 aliphatic rings. The Kier molecular flexibility index (Phi) is 3.98. The molecule has 0 unspecified atom stereocenters. The first-order chi connectivity index (χ1) is 10.8. The van der Waals surface area contributed by atoms with Crippen LogP contribution in [0.1, 0.15) is 5.69 Å². The Morgan fingerprint density at radius 3 is 2.82 bits per heavy atom. The summed E-state index contributed by atoms with van der Waals surface area (Å²) in [6, 6.07) is 8.87. The Morgan fingerprint density at radius 2 is 2.18 bits per heavy atom. The van der Waals surface area contributed by atoms with E-state index in [1.54, 1.807) is 30.5 Å². The van der Waals surface area contributed by atoms with Crippen molar-refractivity contribution in [1.29, 1.82) is 5.26 Å². The molecule has 8 heteroatoms. The molecule has 0 bridgehead atoms. The van der Waals surface area contributed by atoms with Crippen LogP contribution in [0.3, 0.4) is 0 Å². The van der Waals surface area contributed by atoms with Gasteiger partial charge in [-0.05, 0) is 36.0 Å². The van der Waals surface area contributed by atoms with Crippen molar-refractivity contribution in [2.45, 2.75) is 16.7 Å². The number of furan rings is 1. The van der Waals surface area contributed by atoms with Gasteiger partial charge in [-0.25, -0.2) is 0 Å². The largest absolute Gasteiger partial charge is 0.461 e. The molecule has 22 heavy (non-hydrogen) atoms. The van der Waals surface area contributed by atoms with Crippen molar-refractivity contribution >= 4 is 11.8 Å². The van der Waals surface area contributed by atoms with E-state index in [-0.39, 0.29) is 5.69 Å². The van der Waals surface area contributed by atoms with Gasteiger partial charge < -0.3 is 4.42 Å². The fourth-order valence-corrected chi connectivity index (χ4v) is 2.53. The monoisotopic (exact) mass is 310 g/mol. The average Bonchev–Trinajstić information content (AvgIpc) is 3.19. The van der Waals surface area contributed by atoms with Crippen molar-refractivity contribution in [3.63, 3.8) is 0 Å². The maximum atomic E-state index is 8.73. The molecule has 3 heterocycles. The molecule has 0 fully saturated rings. The Hall–Kier alpha value is -2.92. The standard InChI is InChI=1S/C14H10N6OS/c1-2-7-20-13(11-4-3-8-21-11)18-19-14(20)22-12-6-5-10(9-15)16-17-12/h2-6,8H,1,7H2. The molecule has 0 aliphatic heterocycles. The lowest BCUT2D eigenvalue weighted by molar-refractivity contribution is 0.569. The van der Waals surface area contributed by atoms with Crippen LogP contribution in [0.25, 0.3) is 11.6 Å². The number of rotatable bonds is 5. The first-order valence-electron chi connectivity index (χ1n) is 6.31. The maximum absolute atomic E-state index is 8.73. The first kappa shape index (κ1) is 14.0. The van der Waals surface area contributed by atoms with Crippen LogP contribution in [0.2, 0.25) is 0 Å². The second-order valence-electron chi connectivity index (χ2n) is 4.15. The molecule has 0 aliphatic carbocycles. The van der Waals surface area contributed by atoms with Crippen molar-refractivity contribution < 1.29 is 4.42 Å². The van der Waals surface area contributed by atoms with Crippen molar-refractivity contribution in [3.8, 4) is 17.7 Å². The van der Waals surface area contributed by atoms with Crippen LogP contribution in [0.4, 0.5) is 0 Å². The summed E-state index contributed by atoms with van der Waals surface area (Å²) in [7, 11) is 0. The van der Waals surface area contributed by atoms with Crippen LogP contribution in [0, 0.1) is 11.3 Å². The minimum Gasteiger partial charge on any atom is -0.461 e. The zero-order chi connectivity index (χ0) is 15.4. The topological polar surface area (TPSA) is 93.4 Å². The number of nitriles is 1. The van der Waals surface area contributed by atoms with Gasteiger partial charge in [0.05, 0.1) is 6.26 Å². The van der Waals surface area contributed by atoms with Crippen molar-refractivity contribution in [1.82, 2.24) is 25.0 Å². The first-order valence-corrected chi connectivity index (χ1v) is 7.13. The Morgan fingerprint density at radius 1 is 1.27 bits per heavy atom. The number of hydrogen-bond acceptors (Lipinski definition) is 7. The summed E-state index contributed by atoms with van der Waals surface area (Å²) in [5.74, 6) is 1.25. The summed E-state index contributed by atoms with van der Waals surface area (Å²) in [5.41, 5.74) is 0.271. The van der Waals surface area contributed by atoms with Gasteiger partial charge in [0, 0.05) is 6.54 Å². The highest BCUT2D eigenvalue weighted by atomic mass is 32.2. The summed E-state index contributed by atoms with van der Waals surface area (Å²) in [6.45, 7) is 4.29. The van der Waals surface area contributed by atoms with E-state index in [9.17, 15) is 0 Å². The molecule has 0 atom stereocenters. The van der Waals surface area contributed by atoms with E-state index in [4.69, 9.17) is 9.68 Å². The highest BCUT2D eigenvalue weighted by molar-refractivity contribution is 7.99. The Labute approximate surface area is 130 Å². The molecule has 0 radical (unpaired) electrons. The molecule has 0 amide bonds. The third-order valence-corrected chi connectivity index (χ3v) is 3.63. The van der Waals surface area contributed by atoms with E-state index < -0.39 is 0 Å². The number of nitrogens with zero attached hydrogens (tertiary/aromatic N) is 6. The summed E-state index contributed by atoms with van der Waals surface area (Å²) < 4.78 is 7.24. The third kappa shape index (κ3) is 2.75. The minimum absolute atomic E-state index is 0.271. The van der Waals surface area contributed by atoms with E-state index in [1.165, 1.54) is 11.8 Å². The SMILES string of the molecule is C=CCn1c(Sc2ccc(C#N)nn2)nnc1-c1ccco1. The fraction of sp³-hybridized carbons (Fsp3) is 0.0714. The van der Waals surface area contributed by atoms with E-state index in [1.807, 2.05) is 16.7 Å². The van der Waals surface area contributed by atoms with Crippen LogP contribution in [0.5, 0.6) is 0 Å². The van der Waals surface area contributed by atoms with Crippen molar-refractivity contribution in [2.75, 3.05) is 0 Å². The van der Waals surface area contributed by atoms with Gasteiger partial charge in [-0.15, -0.1) is 27.0 Å². The molecule has 108 valence electrons. The summed E-state index contributed by atoms with van der Waals surface area (Å²) in [4.78, 5) is 0. The van der Waals surface area contributed by atoms with Crippen LogP contribution >= 0.6 is 11.8 Å². The molecule has 3 rings (SSSR count). The zero-order valence-corrected chi connectivity index (χ0v) is 12.2. The summed E-state index contributed by atoms with van der Waals surface area (Å²) in [6.07, 6.45) is 3.34. The quantitative estimate of drug-likeness (QED) is 0.668. The normalized spacial score (nSPS) is 10.3. The van der Waals surface area contributed by atoms with Crippen LogP contribution in [-0.2, 0) is 6.54 Å². The smallest absolute Gasteiger partial charge is 0.200 e. The molecule has 0 aromatic carbocycles. The zero-order valence-electron chi connectivity index (χ0n) is 11.4. The average molecular weight is 310 g/mol. The van der Waals surface area contributed by atoms with Crippen molar-refractivity contribution in [2.24, 2.45) is 0 Å². The molecule has 7 nitrogen and oxygen atoms in total. The van der Waals surface area contributed by atoms with E-state index in [0.717, 1.165) is 0 Å². The molecule has 3 aromatic heterocycles. The highest BCUT2D eigenvalue weighted by Gasteiger charge is 2.16. The fourth-order valence-electron chi connectivity index (χ4n) is 1.77. The number of aromatic nitrogens is 5. The predicted octanol–water partition coefficient (Wildman–Crippen LogP) is 2.54. The van der Waals surface area contributed by atoms with Gasteiger partial charge >= 0.3 is 0 Å². The molecule has 3 aromatic rings. The molecule has 0 N–H and O–H groups in total. The molecule has 0 saturated heterocycles. The Bertz CT molecular complexity index is 816. The van der Waals surface area contributed by atoms with Crippen LogP contribution in [0.15, 0.2) is 57.8 Å². The third-order valence-electron chi connectivity index (χ3n) is 2.72. The lowest BCUT2D eigenvalue weighted by Crippen LogP contribution is -2.00. The Balaban J connectivity index is 1.93. The lowest BCUT2D eigenvalue weighted by Gasteiger charge is -2.05. The summed E-state index contributed by atoms with van der Waals surface area (Å²) in [5, 5.41) is 26.1. The molecular weight excluding hydrogens is 300 g/mol. The van der Waals surface area contributed by atoms with E-state index in [0.29, 0.717) is 28.3 Å². The molecular formula is C14H10N6OS. The van der Waals surface area contributed by atoms with E-state index >= 15 is 0 Å².